The van der Waals surface area contributed by atoms with E-state index in [1.54, 1.807) is 0 Å². The van der Waals surface area contributed by atoms with Crippen molar-refractivity contribution in [2.75, 3.05) is 26.2 Å². The maximum absolute atomic E-state index is 4.31. The Balaban J connectivity index is 1.55. The predicted molar refractivity (Wildman–Crippen MR) is 117 cm³/mol. The first-order valence-corrected chi connectivity index (χ1v) is 10.2. The summed E-state index contributed by atoms with van der Waals surface area (Å²) in [6.45, 7) is 13.0. The molecule has 0 radical (unpaired) electrons. The molecule has 3 rings (SSSR count). The lowest BCUT2D eigenvalue weighted by Gasteiger charge is -2.34. The molecule has 0 atom stereocenters. The van der Waals surface area contributed by atoms with Crippen LogP contribution >= 0.6 is 0 Å². The van der Waals surface area contributed by atoms with Crippen LogP contribution in [0.1, 0.15) is 43.2 Å². The lowest BCUT2D eigenvalue weighted by atomic mass is 10.0. The van der Waals surface area contributed by atoms with Crippen LogP contribution in [0.25, 0.3) is 11.1 Å². The van der Waals surface area contributed by atoms with Gasteiger partial charge in [-0.3, -0.25) is 0 Å². The fourth-order valence-electron chi connectivity index (χ4n) is 3.72. The van der Waals surface area contributed by atoms with Crippen molar-refractivity contribution in [3.63, 3.8) is 0 Å². The van der Waals surface area contributed by atoms with Crippen LogP contribution < -0.4 is 0 Å². The fourth-order valence-corrected chi connectivity index (χ4v) is 3.72. The molecule has 2 nitrogen and oxygen atoms in total. The third kappa shape index (κ3) is 5.92. The first-order chi connectivity index (χ1) is 13.2. The molecule has 0 aliphatic carbocycles. The summed E-state index contributed by atoms with van der Waals surface area (Å²) < 4.78 is 0. The van der Waals surface area contributed by atoms with Crippen LogP contribution in [0, 0.1) is 0 Å². The molecule has 142 valence electrons. The van der Waals surface area contributed by atoms with Crippen LogP contribution in [0.5, 0.6) is 0 Å². The van der Waals surface area contributed by atoms with Gasteiger partial charge in [-0.15, -0.1) is 0 Å². The number of hydrazine groups is 1. The molecule has 1 saturated heterocycles. The van der Waals surface area contributed by atoms with E-state index in [4.69, 9.17) is 0 Å². The number of hydrogen-bond acceptors (Lipinski definition) is 2. The van der Waals surface area contributed by atoms with Gasteiger partial charge in [0.2, 0.25) is 0 Å². The Morgan fingerprint density at radius 2 is 1.04 bits per heavy atom. The van der Waals surface area contributed by atoms with Crippen LogP contribution in [-0.4, -0.2) is 36.2 Å². The molecule has 1 aliphatic heterocycles. The summed E-state index contributed by atoms with van der Waals surface area (Å²) in [6.07, 6.45) is 5.93. The predicted octanol–water partition coefficient (Wildman–Crippen LogP) is 5.90. The van der Waals surface area contributed by atoms with Crippen molar-refractivity contribution in [1.82, 2.24) is 10.0 Å². The second kappa shape index (κ2) is 10.2. The van der Waals surface area contributed by atoms with Gasteiger partial charge in [0.25, 0.3) is 0 Å². The van der Waals surface area contributed by atoms with E-state index in [0.717, 1.165) is 39.0 Å². The molecule has 1 fully saturated rings. The van der Waals surface area contributed by atoms with Crippen LogP contribution in [0.2, 0.25) is 0 Å². The lowest BCUT2D eigenvalue weighted by Crippen LogP contribution is -2.43. The quantitative estimate of drug-likeness (QED) is 0.578. The molecular formula is C25H32N2. The highest BCUT2D eigenvalue weighted by Crippen LogP contribution is 2.21. The number of hydrogen-bond donors (Lipinski definition) is 0. The minimum Gasteiger partial charge on any atom is -0.241 e. The topological polar surface area (TPSA) is 6.48 Å². The summed E-state index contributed by atoms with van der Waals surface area (Å²) in [7, 11) is 0. The van der Waals surface area contributed by atoms with E-state index >= 15 is 0 Å². The molecule has 0 spiro atoms. The molecular weight excluding hydrogens is 328 g/mol. The Morgan fingerprint density at radius 3 is 1.44 bits per heavy atom. The van der Waals surface area contributed by atoms with Crippen molar-refractivity contribution in [2.24, 2.45) is 0 Å². The molecule has 0 saturated carbocycles. The molecule has 0 amide bonds. The molecule has 2 aromatic carbocycles. The largest absolute Gasteiger partial charge is 0.241 e. The van der Waals surface area contributed by atoms with Gasteiger partial charge < -0.3 is 0 Å². The number of nitrogens with zero attached hydrogens (tertiary/aromatic N) is 2. The lowest BCUT2D eigenvalue weighted by molar-refractivity contribution is -0.0124. The first-order valence-electron chi connectivity index (χ1n) is 10.2. The van der Waals surface area contributed by atoms with E-state index in [0.29, 0.717) is 0 Å². The van der Waals surface area contributed by atoms with Crippen molar-refractivity contribution in [3.8, 4) is 0 Å². The highest BCUT2D eigenvalue weighted by molar-refractivity contribution is 5.63. The van der Waals surface area contributed by atoms with E-state index in [1.165, 1.54) is 41.5 Å². The van der Waals surface area contributed by atoms with Crippen molar-refractivity contribution >= 4 is 11.1 Å². The standard InChI is InChI=1S/C25H32N2/c1-22(24-12-6-3-7-13-24)16-20-26-18-10-5-11-19-27(26)21-17-23(2)25-14-8-4-9-15-25/h3-4,6-9,12-15H,1-2,5,10-11,16-21H2. The molecule has 27 heavy (non-hydrogen) atoms. The van der Waals surface area contributed by atoms with Crippen molar-refractivity contribution in [3.05, 3.63) is 84.9 Å². The van der Waals surface area contributed by atoms with Gasteiger partial charge in [0.15, 0.2) is 0 Å². The molecule has 0 bridgehead atoms. The summed E-state index contributed by atoms with van der Waals surface area (Å²) in [5, 5.41) is 5.11. The molecule has 1 heterocycles. The minimum atomic E-state index is 1.01. The van der Waals surface area contributed by atoms with Crippen LogP contribution in [-0.2, 0) is 0 Å². The summed E-state index contributed by atoms with van der Waals surface area (Å²) in [5.74, 6) is 0. The highest BCUT2D eigenvalue weighted by Gasteiger charge is 2.18. The molecule has 0 N–H and O–H groups in total. The molecule has 0 aromatic heterocycles. The van der Waals surface area contributed by atoms with Gasteiger partial charge in [-0.25, -0.2) is 10.0 Å². The van der Waals surface area contributed by atoms with Crippen LogP contribution in [0.15, 0.2) is 73.8 Å². The number of rotatable bonds is 8. The van der Waals surface area contributed by atoms with Gasteiger partial charge >= 0.3 is 0 Å². The Bertz CT molecular complexity index is 657. The zero-order chi connectivity index (χ0) is 18.9. The van der Waals surface area contributed by atoms with E-state index in [1.807, 2.05) is 0 Å². The van der Waals surface area contributed by atoms with Gasteiger partial charge in [-0.1, -0.05) is 80.2 Å². The van der Waals surface area contributed by atoms with Crippen LogP contribution in [0.3, 0.4) is 0 Å². The zero-order valence-electron chi connectivity index (χ0n) is 16.4. The zero-order valence-corrected chi connectivity index (χ0v) is 16.4. The Labute approximate surface area is 164 Å². The normalized spacial score (nSPS) is 16.0. The second-order valence-corrected chi connectivity index (χ2v) is 7.41. The summed E-state index contributed by atoms with van der Waals surface area (Å²) in [4.78, 5) is 0. The average molecular weight is 361 g/mol. The van der Waals surface area contributed by atoms with Gasteiger partial charge in [0, 0.05) is 26.2 Å². The van der Waals surface area contributed by atoms with Gasteiger partial charge in [-0.05, 0) is 48.0 Å². The van der Waals surface area contributed by atoms with Crippen molar-refractivity contribution in [2.45, 2.75) is 32.1 Å². The van der Waals surface area contributed by atoms with Gasteiger partial charge in [0.1, 0.15) is 0 Å². The van der Waals surface area contributed by atoms with Crippen molar-refractivity contribution in [1.29, 1.82) is 0 Å². The summed E-state index contributed by atoms with van der Waals surface area (Å²) >= 11 is 0. The van der Waals surface area contributed by atoms with E-state index in [9.17, 15) is 0 Å². The summed E-state index contributed by atoms with van der Waals surface area (Å²) in [6, 6.07) is 21.1. The maximum atomic E-state index is 4.31. The van der Waals surface area contributed by atoms with Crippen molar-refractivity contribution < 1.29 is 0 Å². The van der Waals surface area contributed by atoms with E-state index in [-0.39, 0.29) is 0 Å². The van der Waals surface area contributed by atoms with Gasteiger partial charge in [-0.2, -0.15) is 0 Å². The Kier molecular flexibility index (Phi) is 7.44. The summed E-state index contributed by atoms with van der Waals surface area (Å²) in [5.41, 5.74) is 4.98. The third-order valence-corrected chi connectivity index (χ3v) is 5.44. The molecule has 0 unspecified atom stereocenters. The smallest absolute Gasteiger partial charge is 0.0173 e. The fraction of sp³-hybridized carbons (Fsp3) is 0.360. The Morgan fingerprint density at radius 1 is 0.630 bits per heavy atom. The SMILES string of the molecule is C=C(CCN1CCCCCN1CCC(=C)c1ccccc1)c1ccccc1. The van der Waals surface area contributed by atoms with Crippen LogP contribution in [0.4, 0.5) is 0 Å². The third-order valence-electron chi connectivity index (χ3n) is 5.44. The second-order valence-electron chi connectivity index (χ2n) is 7.41. The maximum Gasteiger partial charge on any atom is 0.0173 e. The van der Waals surface area contributed by atoms with E-state index in [2.05, 4.69) is 83.8 Å². The average Bonchev–Trinajstić information content (AvgIpc) is 2.96. The molecule has 2 heteroatoms. The Hall–Kier alpha value is -2.16. The highest BCUT2D eigenvalue weighted by atomic mass is 15.6. The van der Waals surface area contributed by atoms with E-state index < -0.39 is 0 Å². The van der Waals surface area contributed by atoms with Gasteiger partial charge in [0.05, 0.1) is 0 Å². The minimum absolute atomic E-state index is 1.01. The monoisotopic (exact) mass is 360 g/mol. The number of benzene rings is 2. The molecule has 1 aliphatic rings. The molecule has 2 aromatic rings. The first kappa shape index (κ1) is 19.6.